The predicted octanol–water partition coefficient (Wildman–Crippen LogP) is 2.70. The third kappa shape index (κ3) is 3.46. The second-order valence-electron chi connectivity index (χ2n) is 5.96. The Hall–Kier alpha value is -2.28. The molecule has 0 bridgehead atoms. The molecule has 1 aromatic carbocycles. The molecule has 2 N–H and O–H groups in total. The molecule has 0 aliphatic heterocycles. The number of aromatic nitrogens is 1. The van der Waals surface area contributed by atoms with E-state index in [9.17, 15) is 4.79 Å². The number of benzene rings is 1. The first-order chi connectivity index (χ1) is 11.6. The molecule has 1 atom stereocenters. The van der Waals surface area contributed by atoms with Crippen LogP contribution < -0.4 is 20.3 Å². The summed E-state index contributed by atoms with van der Waals surface area (Å²) >= 11 is 1.57. The number of ether oxygens (including phenoxy) is 1. The molecule has 0 fully saturated rings. The number of carbonyl (C=O) groups is 1. The molecule has 0 unspecified atom stereocenters. The summed E-state index contributed by atoms with van der Waals surface area (Å²) in [6.07, 6.45) is 1.81. The van der Waals surface area contributed by atoms with E-state index in [1.807, 2.05) is 36.5 Å². The van der Waals surface area contributed by atoms with Crippen LogP contribution in [0.5, 0.6) is 5.75 Å². The zero-order chi connectivity index (χ0) is 17.1. The third-order valence-corrected chi connectivity index (χ3v) is 5.16. The van der Waals surface area contributed by atoms with E-state index in [0.717, 1.165) is 35.0 Å². The zero-order valence-electron chi connectivity index (χ0n) is 14.1. The number of carbonyl (C=O) groups excluding carboxylic acids is 1. The van der Waals surface area contributed by atoms with Gasteiger partial charge in [-0.25, -0.2) is 9.78 Å². The third-order valence-electron chi connectivity index (χ3n) is 4.11. The van der Waals surface area contributed by atoms with Gasteiger partial charge in [-0.05, 0) is 30.0 Å². The van der Waals surface area contributed by atoms with Crippen LogP contribution in [0.3, 0.4) is 0 Å². The van der Waals surface area contributed by atoms with Gasteiger partial charge in [0, 0.05) is 19.5 Å². The fraction of sp³-hybridized carbons (Fsp3) is 0.412. The average Bonchev–Trinajstić information content (AvgIpc) is 3.20. The standard InChI is InChI=1S/C17H22N4O2S/c1-21(2)17-19-11(10-24-17)9-18-16(22)20-14-8-7-13-12(14)5-4-6-15(13)23-3/h4-6,10,14H,7-9H2,1-3H3,(H2,18,20,22)/t14-/m0/s1. The Bertz CT molecular complexity index is 729. The molecule has 0 saturated carbocycles. The van der Waals surface area contributed by atoms with Crippen LogP contribution >= 0.6 is 11.3 Å². The molecule has 1 aliphatic rings. The Balaban J connectivity index is 1.57. The largest absolute Gasteiger partial charge is 0.496 e. The van der Waals surface area contributed by atoms with Crippen LogP contribution in [0.4, 0.5) is 9.93 Å². The van der Waals surface area contributed by atoms with Crippen molar-refractivity contribution in [3.8, 4) is 5.75 Å². The highest BCUT2D eigenvalue weighted by Gasteiger charge is 2.26. The first-order valence-corrected chi connectivity index (χ1v) is 8.78. The first kappa shape index (κ1) is 16.6. The van der Waals surface area contributed by atoms with Crippen molar-refractivity contribution >= 4 is 22.5 Å². The van der Waals surface area contributed by atoms with Crippen LogP contribution in [-0.4, -0.2) is 32.2 Å². The van der Waals surface area contributed by atoms with E-state index in [-0.39, 0.29) is 12.1 Å². The molecule has 0 radical (unpaired) electrons. The summed E-state index contributed by atoms with van der Waals surface area (Å²) in [6, 6.07) is 5.84. The summed E-state index contributed by atoms with van der Waals surface area (Å²) in [5.74, 6) is 0.899. The second-order valence-corrected chi connectivity index (χ2v) is 6.80. The van der Waals surface area contributed by atoms with E-state index in [1.165, 1.54) is 5.56 Å². The van der Waals surface area contributed by atoms with E-state index in [0.29, 0.717) is 6.54 Å². The minimum absolute atomic E-state index is 0.0304. The molecule has 1 aliphatic carbocycles. The fourth-order valence-electron chi connectivity index (χ4n) is 2.92. The van der Waals surface area contributed by atoms with E-state index in [1.54, 1.807) is 18.4 Å². The molecule has 6 nitrogen and oxygen atoms in total. The number of urea groups is 1. The van der Waals surface area contributed by atoms with Crippen molar-refractivity contribution in [1.82, 2.24) is 15.6 Å². The second kappa shape index (κ2) is 7.09. The number of anilines is 1. The number of amides is 2. The SMILES string of the molecule is COc1cccc2c1CC[C@@H]2NC(=O)NCc1csc(N(C)C)n1. The minimum atomic E-state index is -0.171. The number of nitrogens with zero attached hydrogens (tertiary/aromatic N) is 2. The summed E-state index contributed by atoms with van der Waals surface area (Å²) in [6.45, 7) is 0.424. The van der Waals surface area contributed by atoms with Gasteiger partial charge in [0.2, 0.25) is 0 Å². The summed E-state index contributed by atoms with van der Waals surface area (Å²) in [7, 11) is 5.59. The van der Waals surface area contributed by atoms with E-state index in [4.69, 9.17) is 4.74 Å². The van der Waals surface area contributed by atoms with E-state index >= 15 is 0 Å². The van der Waals surface area contributed by atoms with Gasteiger partial charge in [0.25, 0.3) is 0 Å². The quantitative estimate of drug-likeness (QED) is 0.874. The summed E-state index contributed by atoms with van der Waals surface area (Å²) < 4.78 is 5.40. The maximum absolute atomic E-state index is 12.2. The van der Waals surface area contributed by atoms with Crippen LogP contribution in [0.2, 0.25) is 0 Å². The molecular weight excluding hydrogens is 324 g/mol. The van der Waals surface area contributed by atoms with Gasteiger partial charge < -0.3 is 20.3 Å². The average molecular weight is 346 g/mol. The highest BCUT2D eigenvalue weighted by Crippen LogP contribution is 2.36. The Morgan fingerprint density at radius 3 is 3.00 bits per heavy atom. The van der Waals surface area contributed by atoms with E-state index < -0.39 is 0 Å². The smallest absolute Gasteiger partial charge is 0.315 e. The Morgan fingerprint density at radius 1 is 1.46 bits per heavy atom. The normalized spacial score (nSPS) is 15.7. The molecule has 0 spiro atoms. The Morgan fingerprint density at radius 2 is 2.29 bits per heavy atom. The topological polar surface area (TPSA) is 66.5 Å². The van der Waals surface area contributed by atoms with Gasteiger partial charge >= 0.3 is 6.03 Å². The number of thiazole rings is 1. The Kier molecular flexibility index (Phi) is 4.89. The molecule has 24 heavy (non-hydrogen) atoms. The summed E-state index contributed by atoms with van der Waals surface area (Å²) in [5, 5.41) is 8.83. The minimum Gasteiger partial charge on any atom is -0.496 e. The monoisotopic (exact) mass is 346 g/mol. The van der Waals surface area contributed by atoms with Crippen molar-refractivity contribution in [3.63, 3.8) is 0 Å². The zero-order valence-corrected chi connectivity index (χ0v) is 14.9. The lowest BCUT2D eigenvalue weighted by Gasteiger charge is -2.15. The van der Waals surface area contributed by atoms with Crippen molar-refractivity contribution in [2.24, 2.45) is 0 Å². The van der Waals surface area contributed by atoms with Crippen LogP contribution in [0.1, 0.15) is 29.3 Å². The lowest BCUT2D eigenvalue weighted by atomic mass is 10.1. The first-order valence-electron chi connectivity index (χ1n) is 7.90. The number of fused-ring (bicyclic) bond motifs is 1. The lowest BCUT2D eigenvalue weighted by Crippen LogP contribution is -2.37. The van der Waals surface area contributed by atoms with Crippen LogP contribution in [-0.2, 0) is 13.0 Å². The van der Waals surface area contributed by atoms with Crippen molar-refractivity contribution in [3.05, 3.63) is 40.4 Å². The van der Waals surface area contributed by atoms with Crippen molar-refractivity contribution in [1.29, 1.82) is 0 Å². The lowest BCUT2D eigenvalue weighted by molar-refractivity contribution is 0.236. The van der Waals surface area contributed by atoms with Crippen LogP contribution in [0, 0.1) is 0 Å². The van der Waals surface area contributed by atoms with Crippen molar-refractivity contribution in [2.75, 3.05) is 26.1 Å². The number of hydrogen-bond acceptors (Lipinski definition) is 5. The fourth-order valence-corrected chi connectivity index (χ4v) is 3.68. The molecule has 1 heterocycles. The molecule has 2 aromatic rings. The van der Waals surface area contributed by atoms with Gasteiger partial charge in [-0.2, -0.15) is 0 Å². The van der Waals surface area contributed by atoms with Gasteiger partial charge in [0.15, 0.2) is 5.13 Å². The van der Waals surface area contributed by atoms with Gasteiger partial charge in [-0.3, -0.25) is 0 Å². The number of hydrogen-bond donors (Lipinski definition) is 2. The van der Waals surface area contributed by atoms with Gasteiger partial charge in [0.05, 0.1) is 25.4 Å². The molecule has 1 aromatic heterocycles. The number of rotatable bonds is 5. The molecule has 7 heteroatoms. The summed E-state index contributed by atoms with van der Waals surface area (Å²) in [4.78, 5) is 18.6. The van der Waals surface area contributed by atoms with Crippen LogP contribution in [0.15, 0.2) is 23.6 Å². The highest BCUT2D eigenvalue weighted by atomic mass is 32.1. The number of nitrogens with one attached hydrogen (secondary N) is 2. The maximum Gasteiger partial charge on any atom is 0.315 e. The van der Waals surface area contributed by atoms with E-state index in [2.05, 4.69) is 21.7 Å². The molecule has 2 amide bonds. The van der Waals surface area contributed by atoms with Crippen molar-refractivity contribution in [2.45, 2.75) is 25.4 Å². The Labute approximate surface area is 145 Å². The molecule has 128 valence electrons. The number of methoxy groups -OCH3 is 1. The molecular formula is C17H22N4O2S. The van der Waals surface area contributed by atoms with Crippen molar-refractivity contribution < 1.29 is 9.53 Å². The van der Waals surface area contributed by atoms with Gasteiger partial charge in [-0.15, -0.1) is 11.3 Å². The highest BCUT2D eigenvalue weighted by molar-refractivity contribution is 7.13. The molecule has 3 rings (SSSR count). The van der Waals surface area contributed by atoms with Gasteiger partial charge in [-0.1, -0.05) is 12.1 Å². The predicted molar refractivity (Wildman–Crippen MR) is 95.9 cm³/mol. The van der Waals surface area contributed by atoms with Crippen LogP contribution in [0.25, 0.3) is 0 Å². The maximum atomic E-state index is 12.2. The molecule has 0 saturated heterocycles. The summed E-state index contributed by atoms with van der Waals surface area (Å²) in [5.41, 5.74) is 3.21. The van der Waals surface area contributed by atoms with Gasteiger partial charge in [0.1, 0.15) is 5.75 Å².